The Morgan fingerprint density at radius 1 is 1.03 bits per heavy atom. The van der Waals surface area contributed by atoms with Crippen molar-refractivity contribution in [2.45, 2.75) is 85.5 Å². The number of likely N-dealkylation sites (N-methyl/N-ethyl adjacent to an activating group) is 1. The Bertz CT molecular complexity index is 723. The fraction of sp³-hybridized carbons (Fsp3) is 0.750. The monoisotopic (exact) mass is 441 g/mol. The van der Waals surface area contributed by atoms with Gasteiger partial charge in [0.2, 0.25) is 5.91 Å². The van der Waals surface area contributed by atoms with E-state index >= 15 is 0 Å². The van der Waals surface area contributed by atoms with Crippen molar-refractivity contribution < 1.29 is 4.79 Å². The van der Waals surface area contributed by atoms with Crippen LogP contribution in [0.5, 0.6) is 0 Å². The molecule has 1 aliphatic carbocycles. The number of hydrogen-bond donors (Lipinski definition) is 1. The topological polar surface area (TPSA) is 35.6 Å². The zero-order chi connectivity index (χ0) is 23.1. The number of carbonyl (C=O) groups excluding carboxylic acids is 1. The molecule has 1 aromatic rings. The first-order chi connectivity index (χ1) is 15.3. The molecule has 0 spiro atoms. The van der Waals surface area contributed by atoms with Crippen LogP contribution >= 0.6 is 0 Å². The van der Waals surface area contributed by atoms with E-state index in [1.807, 2.05) is 6.92 Å². The predicted molar refractivity (Wildman–Crippen MR) is 137 cm³/mol. The summed E-state index contributed by atoms with van der Waals surface area (Å²) in [4.78, 5) is 17.5. The molecule has 1 saturated heterocycles. The number of amides is 1. The molecule has 32 heavy (non-hydrogen) atoms. The minimum Gasteiger partial charge on any atom is -0.369 e. The van der Waals surface area contributed by atoms with Crippen molar-refractivity contribution in [2.75, 3.05) is 44.2 Å². The lowest BCUT2D eigenvalue weighted by Crippen LogP contribution is -2.47. The van der Waals surface area contributed by atoms with E-state index in [-0.39, 0.29) is 5.91 Å². The van der Waals surface area contributed by atoms with E-state index in [1.165, 1.54) is 56.3 Å². The first-order valence-corrected chi connectivity index (χ1v) is 13.2. The van der Waals surface area contributed by atoms with Gasteiger partial charge in [-0.05, 0) is 80.0 Å². The van der Waals surface area contributed by atoms with Crippen molar-refractivity contribution in [1.82, 2.24) is 10.2 Å². The van der Waals surface area contributed by atoms with E-state index < -0.39 is 0 Å². The second-order valence-electron chi connectivity index (χ2n) is 11.1. The van der Waals surface area contributed by atoms with Gasteiger partial charge < -0.3 is 10.2 Å². The molecule has 4 nitrogen and oxygen atoms in total. The molecule has 4 heteroatoms. The molecule has 0 aromatic heterocycles. The molecule has 0 unspecified atom stereocenters. The highest BCUT2D eigenvalue weighted by Gasteiger charge is 2.32. The Labute approximate surface area is 197 Å². The number of carbonyl (C=O) groups is 1. The summed E-state index contributed by atoms with van der Waals surface area (Å²) < 4.78 is 0. The molecule has 0 bridgehead atoms. The lowest BCUT2D eigenvalue weighted by Gasteiger charge is -2.40. The molecule has 1 saturated carbocycles. The van der Waals surface area contributed by atoms with Gasteiger partial charge in [0, 0.05) is 38.4 Å². The van der Waals surface area contributed by atoms with Crippen molar-refractivity contribution in [3.8, 4) is 0 Å². The fourth-order valence-corrected chi connectivity index (χ4v) is 5.63. The molecule has 1 aliphatic heterocycles. The SMILES string of the molecule is CCCCN1CCN(c2cc(CC(=O)NCC)ccc2C2CCC(C(C)(C)C)CC2)CC1. The van der Waals surface area contributed by atoms with Gasteiger partial charge in [0.1, 0.15) is 0 Å². The number of anilines is 1. The fourth-order valence-electron chi connectivity index (χ4n) is 5.63. The van der Waals surface area contributed by atoms with Gasteiger partial charge in [-0.3, -0.25) is 9.69 Å². The van der Waals surface area contributed by atoms with Crippen molar-refractivity contribution in [1.29, 1.82) is 0 Å². The normalized spacial score (nSPS) is 22.7. The van der Waals surface area contributed by atoms with Gasteiger partial charge in [0.15, 0.2) is 0 Å². The predicted octanol–water partition coefficient (Wildman–Crippen LogP) is 5.61. The van der Waals surface area contributed by atoms with Crippen LogP contribution in [0.3, 0.4) is 0 Å². The quantitative estimate of drug-likeness (QED) is 0.570. The van der Waals surface area contributed by atoms with Gasteiger partial charge in [0.05, 0.1) is 6.42 Å². The third-order valence-electron chi connectivity index (χ3n) is 7.77. The molecule has 180 valence electrons. The summed E-state index contributed by atoms with van der Waals surface area (Å²) in [6.07, 6.45) is 8.29. The second-order valence-corrected chi connectivity index (χ2v) is 11.1. The van der Waals surface area contributed by atoms with Crippen molar-refractivity contribution in [3.63, 3.8) is 0 Å². The molecule has 0 radical (unpaired) electrons. The Hall–Kier alpha value is -1.55. The first kappa shape index (κ1) is 25.1. The highest BCUT2D eigenvalue weighted by Crippen LogP contribution is 2.45. The van der Waals surface area contributed by atoms with E-state index in [9.17, 15) is 4.79 Å². The van der Waals surface area contributed by atoms with Crippen LogP contribution in [-0.2, 0) is 11.2 Å². The van der Waals surface area contributed by atoms with Gasteiger partial charge in [-0.2, -0.15) is 0 Å². The van der Waals surface area contributed by atoms with Crippen LogP contribution in [0.2, 0.25) is 0 Å². The second kappa shape index (κ2) is 11.5. The van der Waals surface area contributed by atoms with Gasteiger partial charge in [-0.15, -0.1) is 0 Å². The maximum absolute atomic E-state index is 12.2. The van der Waals surface area contributed by atoms with Crippen molar-refractivity contribution >= 4 is 11.6 Å². The minimum atomic E-state index is 0.126. The van der Waals surface area contributed by atoms with Gasteiger partial charge >= 0.3 is 0 Å². The number of piperazine rings is 1. The summed E-state index contributed by atoms with van der Waals surface area (Å²) in [6.45, 7) is 17.9. The Morgan fingerprint density at radius 3 is 2.31 bits per heavy atom. The minimum absolute atomic E-state index is 0.126. The Kier molecular flexibility index (Phi) is 9.04. The third kappa shape index (κ3) is 6.73. The summed E-state index contributed by atoms with van der Waals surface area (Å²) in [5.74, 6) is 1.61. The lowest BCUT2D eigenvalue weighted by molar-refractivity contribution is -0.120. The van der Waals surface area contributed by atoms with Crippen LogP contribution in [0.25, 0.3) is 0 Å². The average Bonchev–Trinajstić information content (AvgIpc) is 2.78. The molecule has 1 amide bonds. The Morgan fingerprint density at radius 2 is 1.72 bits per heavy atom. The molecular weight excluding hydrogens is 394 g/mol. The summed E-state index contributed by atoms with van der Waals surface area (Å²) >= 11 is 0. The van der Waals surface area contributed by atoms with E-state index in [0.29, 0.717) is 24.3 Å². The zero-order valence-corrected chi connectivity index (χ0v) is 21.4. The summed E-state index contributed by atoms with van der Waals surface area (Å²) in [5.41, 5.74) is 4.49. The highest BCUT2D eigenvalue weighted by molar-refractivity contribution is 5.79. The summed E-state index contributed by atoms with van der Waals surface area (Å²) in [7, 11) is 0. The number of unbranched alkanes of at least 4 members (excludes halogenated alkanes) is 1. The standard InChI is InChI=1S/C28H47N3O/c1-6-8-15-30-16-18-31(19-17-30)26-20-22(21-27(32)29-7-2)9-14-25(26)23-10-12-24(13-11-23)28(3,4)5/h9,14,20,23-24H,6-8,10-13,15-19,21H2,1-5H3,(H,29,32). The number of nitrogens with one attached hydrogen (secondary N) is 1. The number of nitrogens with zero attached hydrogens (tertiary/aromatic N) is 2. The maximum Gasteiger partial charge on any atom is 0.224 e. The van der Waals surface area contributed by atoms with Crippen LogP contribution in [0, 0.1) is 11.3 Å². The average molecular weight is 442 g/mol. The largest absolute Gasteiger partial charge is 0.369 e. The maximum atomic E-state index is 12.2. The van der Waals surface area contributed by atoms with Crippen LogP contribution in [0.4, 0.5) is 5.69 Å². The smallest absolute Gasteiger partial charge is 0.224 e. The number of benzene rings is 1. The molecule has 0 atom stereocenters. The lowest BCUT2D eigenvalue weighted by atomic mass is 9.68. The molecule has 1 N–H and O–H groups in total. The molecule has 2 fully saturated rings. The number of rotatable bonds is 8. The van der Waals surface area contributed by atoms with Crippen LogP contribution in [-0.4, -0.2) is 50.1 Å². The van der Waals surface area contributed by atoms with Crippen molar-refractivity contribution in [2.24, 2.45) is 11.3 Å². The summed E-state index contributed by atoms with van der Waals surface area (Å²) in [6, 6.07) is 6.90. The molecule has 1 heterocycles. The Balaban J connectivity index is 1.76. The molecule has 2 aliphatic rings. The van der Waals surface area contributed by atoms with E-state index in [4.69, 9.17) is 0 Å². The van der Waals surface area contributed by atoms with E-state index in [2.05, 4.69) is 61.0 Å². The van der Waals surface area contributed by atoms with Crippen LogP contribution < -0.4 is 10.2 Å². The molecule has 1 aromatic carbocycles. The molecule has 3 rings (SSSR count). The number of hydrogen-bond acceptors (Lipinski definition) is 3. The zero-order valence-electron chi connectivity index (χ0n) is 21.4. The third-order valence-corrected chi connectivity index (χ3v) is 7.77. The van der Waals surface area contributed by atoms with E-state index in [0.717, 1.165) is 37.7 Å². The highest BCUT2D eigenvalue weighted by atomic mass is 16.1. The van der Waals surface area contributed by atoms with Crippen LogP contribution in [0.15, 0.2) is 18.2 Å². The van der Waals surface area contributed by atoms with Gasteiger partial charge in [-0.25, -0.2) is 0 Å². The van der Waals surface area contributed by atoms with Gasteiger partial charge in [-0.1, -0.05) is 46.2 Å². The summed E-state index contributed by atoms with van der Waals surface area (Å²) in [5, 5.41) is 2.96. The van der Waals surface area contributed by atoms with Crippen LogP contribution in [0.1, 0.15) is 90.2 Å². The first-order valence-electron chi connectivity index (χ1n) is 13.2. The van der Waals surface area contributed by atoms with Crippen molar-refractivity contribution in [3.05, 3.63) is 29.3 Å². The van der Waals surface area contributed by atoms with Gasteiger partial charge in [0.25, 0.3) is 0 Å². The molecular formula is C28H47N3O. The van der Waals surface area contributed by atoms with E-state index in [1.54, 1.807) is 0 Å².